The Morgan fingerprint density at radius 3 is 2.10 bits per heavy atom. The van der Waals surface area contributed by atoms with E-state index in [1.165, 1.54) is 22.3 Å². The normalized spacial score (nSPS) is 12.4. The Labute approximate surface area is 125 Å². The van der Waals surface area contributed by atoms with Gasteiger partial charge in [-0.25, -0.2) is 0 Å². The first kappa shape index (κ1) is 16.8. The van der Waals surface area contributed by atoms with Crippen molar-refractivity contribution in [2.24, 2.45) is 5.92 Å². The van der Waals surface area contributed by atoms with Crippen molar-refractivity contribution in [1.29, 1.82) is 0 Å². The van der Waals surface area contributed by atoms with Gasteiger partial charge in [-0.1, -0.05) is 77.1 Å². The lowest BCUT2D eigenvalue weighted by atomic mass is 9.85. The highest BCUT2D eigenvalue weighted by atomic mass is 14.2. The summed E-state index contributed by atoms with van der Waals surface area (Å²) in [4.78, 5) is 0. The van der Waals surface area contributed by atoms with Gasteiger partial charge in [0.2, 0.25) is 0 Å². The van der Waals surface area contributed by atoms with E-state index in [1.54, 1.807) is 0 Å². The summed E-state index contributed by atoms with van der Waals surface area (Å²) in [5.74, 6) is 1.13. The molecule has 0 bridgehead atoms. The average Bonchev–Trinajstić information content (AvgIpc) is 2.44. The molecule has 20 heavy (non-hydrogen) atoms. The van der Waals surface area contributed by atoms with Gasteiger partial charge in [-0.05, 0) is 47.8 Å². The van der Waals surface area contributed by atoms with Gasteiger partial charge >= 0.3 is 0 Å². The number of hydrogen-bond acceptors (Lipinski definition) is 0. The van der Waals surface area contributed by atoms with Crippen molar-refractivity contribution in [1.82, 2.24) is 0 Å². The summed E-state index contributed by atoms with van der Waals surface area (Å²) in [5.41, 5.74) is 5.31. The van der Waals surface area contributed by atoms with Gasteiger partial charge < -0.3 is 0 Å². The summed E-state index contributed by atoms with van der Waals surface area (Å²) in [6.45, 7) is 17.4. The quantitative estimate of drug-likeness (QED) is 0.487. The Bertz CT molecular complexity index is 434. The van der Waals surface area contributed by atoms with E-state index in [0.29, 0.717) is 11.8 Å². The molecule has 0 heterocycles. The predicted octanol–water partition coefficient (Wildman–Crippen LogP) is 6.29. The van der Waals surface area contributed by atoms with E-state index in [2.05, 4.69) is 65.1 Å². The van der Waals surface area contributed by atoms with Gasteiger partial charge in [0.25, 0.3) is 0 Å². The zero-order valence-electron chi connectivity index (χ0n) is 13.7. The van der Waals surface area contributed by atoms with Crippen LogP contribution in [-0.4, -0.2) is 0 Å². The molecule has 0 radical (unpaired) electrons. The SMILES string of the molecule is C=C(CCC)C(=C)C(CC)Cc1ccc(C(C)C)cc1. The molecule has 1 aromatic rings. The molecule has 0 N–H and O–H groups in total. The van der Waals surface area contributed by atoms with Crippen molar-refractivity contribution in [2.45, 2.75) is 59.3 Å². The Kier molecular flexibility index (Phi) is 6.78. The van der Waals surface area contributed by atoms with Gasteiger partial charge in [0, 0.05) is 0 Å². The molecule has 1 atom stereocenters. The number of hydrogen-bond donors (Lipinski definition) is 0. The highest BCUT2D eigenvalue weighted by Crippen LogP contribution is 2.27. The van der Waals surface area contributed by atoms with Crippen LogP contribution in [0.1, 0.15) is 64.0 Å². The smallest absolute Gasteiger partial charge is 0.0127 e. The van der Waals surface area contributed by atoms with Crippen molar-refractivity contribution < 1.29 is 0 Å². The van der Waals surface area contributed by atoms with Crippen LogP contribution in [0.25, 0.3) is 0 Å². The van der Waals surface area contributed by atoms with Gasteiger partial charge in [-0.15, -0.1) is 0 Å². The molecule has 0 aliphatic rings. The summed E-state index contributed by atoms with van der Waals surface area (Å²) in [5, 5.41) is 0. The molecule has 1 aromatic carbocycles. The zero-order chi connectivity index (χ0) is 15.1. The zero-order valence-corrected chi connectivity index (χ0v) is 13.7. The monoisotopic (exact) mass is 270 g/mol. The second-order valence-electron chi connectivity index (χ2n) is 6.08. The molecular weight excluding hydrogens is 240 g/mol. The Morgan fingerprint density at radius 2 is 1.65 bits per heavy atom. The lowest BCUT2D eigenvalue weighted by Crippen LogP contribution is -2.08. The molecule has 0 heteroatoms. The highest BCUT2D eigenvalue weighted by molar-refractivity contribution is 5.31. The molecule has 110 valence electrons. The van der Waals surface area contributed by atoms with Crippen LogP contribution in [0.3, 0.4) is 0 Å². The second kappa shape index (κ2) is 8.09. The van der Waals surface area contributed by atoms with Crippen molar-refractivity contribution in [2.75, 3.05) is 0 Å². The first-order valence-corrected chi connectivity index (χ1v) is 7.95. The summed E-state index contributed by atoms with van der Waals surface area (Å²) >= 11 is 0. The van der Waals surface area contributed by atoms with E-state index < -0.39 is 0 Å². The topological polar surface area (TPSA) is 0 Å². The minimum absolute atomic E-state index is 0.527. The van der Waals surface area contributed by atoms with Crippen LogP contribution in [0.15, 0.2) is 48.6 Å². The van der Waals surface area contributed by atoms with Gasteiger partial charge in [0.05, 0.1) is 0 Å². The highest BCUT2D eigenvalue weighted by Gasteiger charge is 2.13. The number of rotatable bonds is 8. The van der Waals surface area contributed by atoms with Crippen LogP contribution in [0.5, 0.6) is 0 Å². The summed E-state index contributed by atoms with van der Waals surface area (Å²) < 4.78 is 0. The molecular formula is C20H30. The van der Waals surface area contributed by atoms with Crippen molar-refractivity contribution >= 4 is 0 Å². The lowest BCUT2D eigenvalue weighted by Gasteiger charge is -2.20. The van der Waals surface area contributed by atoms with Crippen molar-refractivity contribution in [3.8, 4) is 0 Å². The van der Waals surface area contributed by atoms with E-state index >= 15 is 0 Å². The van der Waals surface area contributed by atoms with Crippen LogP contribution in [0.2, 0.25) is 0 Å². The fourth-order valence-electron chi connectivity index (χ4n) is 2.59. The third-order valence-electron chi connectivity index (χ3n) is 4.12. The van der Waals surface area contributed by atoms with Crippen molar-refractivity contribution in [3.63, 3.8) is 0 Å². The maximum absolute atomic E-state index is 4.29. The minimum atomic E-state index is 0.527. The molecule has 0 amide bonds. The maximum atomic E-state index is 4.29. The molecule has 0 fully saturated rings. The van der Waals surface area contributed by atoms with E-state index in [4.69, 9.17) is 0 Å². The molecule has 1 unspecified atom stereocenters. The summed E-state index contributed by atoms with van der Waals surface area (Å²) in [6.07, 6.45) is 4.43. The van der Waals surface area contributed by atoms with E-state index in [1.807, 2.05) is 0 Å². The number of allylic oxidation sites excluding steroid dienone is 2. The van der Waals surface area contributed by atoms with Gasteiger partial charge in [-0.3, -0.25) is 0 Å². The fraction of sp³-hybridized carbons (Fsp3) is 0.500. The summed E-state index contributed by atoms with van der Waals surface area (Å²) in [7, 11) is 0. The third-order valence-corrected chi connectivity index (χ3v) is 4.12. The molecule has 0 saturated heterocycles. The third kappa shape index (κ3) is 4.67. The largest absolute Gasteiger partial charge is 0.0956 e. The van der Waals surface area contributed by atoms with Crippen LogP contribution >= 0.6 is 0 Å². The van der Waals surface area contributed by atoms with Crippen LogP contribution in [-0.2, 0) is 6.42 Å². The molecule has 0 spiro atoms. The number of benzene rings is 1. The molecule has 1 rings (SSSR count). The fourth-order valence-corrected chi connectivity index (χ4v) is 2.59. The molecule has 0 aromatic heterocycles. The van der Waals surface area contributed by atoms with E-state index in [9.17, 15) is 0 Å². The first-order valence-electron chi connectivity index (χ1n) is 7.95. The van der Waals surface area contributed by atoms with Crippen molar-refractivity contribution in [3.05, 3.63) is 59.7 Å². The molecule has 0 saturated carbocycles. The second-order valence-corrected chi connectivity index (χ2v) is 6.08. The summed E-state index contributed by atoms with van der Waals surface area (Å²) in [6, 6.07) is 9.06. The maximum Gasteiger partial charge on any atom is -0.0127 e. The Hall–Kier alpha value is -1.30. The molecule has 0 aliphatic heterocycles. The Balaban J connectivity index is 2.73. The average molecular weight is 270 g/mol. The minimum Gasteiger partial charge on any atom is -0.0956 e. The van der Waals surface area contributed by atoms with Crippen LogP contribution < -0.4 is 0 Å². The lowest BCUT2D eigenvalue weighted by molar-refractivity contribution is 0.590. The van der Waals surface area contributed by atoms with E-state index in [0.717, 1.165) is 25.7 Å². The predicted molar refractivity (Wildman–Crippen MR) is 91.2 cm³/mol. The van der Waals surface area contributed by atoms with Gasteiger partial charge in [0.1, 0.15) is 0 Å². The van der Waals surface area contributed by atoms with E-state index in [-0.39, 0.29) is 0 Å². The van der Waals surface area contributed by atoms with Crippen LogP contribution in [0.4, 0.5) is 0 Å². The van der Waals surface area contributed by atoms with Gasteiger partial charge in [0.15, 0.2) is 0 Å². The Morgan fingerprint density at radius 1 is 1.05 bits per heavy atom. The molecule has 0 nitrogen and oxygen atoms in total. The first-order chi connectivity index (χ1) is 9.49. The molecule has 0 aliphatic carbocycles. The van der Waals surface area contributed by atoms with Gasteiger partial charge in [-0.2, -0.15) is 0 Å². The standard InChI is InChI=1S/C20H30/c1-7-9-16(5)17(6)19(8-2)14-18-10-12-20(13-11-18)15(3)4/h10-13,15,19H,5-9,14H2,1-4H3. The van der Waals surface area contributed by atoms with Crippen LogP contribution in [0, 0.1) is 5.92 Å².